The van der Waals surface area contributed by atoms with Gasteiger partial charge in [-0.3, -0.25) is 0 Å². The van der Waals surface area contributed by atoms with Gasteiger partial charge in [0.25, 0.3) is 0 Å². The molecule has 0 unspecified atom stereocenters. The number of allylic oxidation sites excluding steroid dienone is 1. The lowest BCUT2D eigenvalue weighted by Gasteiger charge is -2.29. The van der Waals surface area contributed by atoms with Crippen molar-refractivity contribution in [1.82, 2.24) is 5.32 Å². The zero-order valence-electron chi connectivity index (χ0n) is 8.83. The number of rotatable bonds is 5. The summed E-state index contributed by atoms with van der Waals surface area (Å²) in [4.78, 5) is 0. The zero-order chi connectivity index (χ0) is 9.78. The van der Waals surface area contributed by atoms with Crippen LogP contribution in [0.4, 0.5) is 0 Å². The summed E-state index contributed by atoms with van der Waals surface area (Å²) in [5.41, 5.74) is 2.22. The molecule has 0 heterocycles. The highest BCUT2D eigenvalue weighted by Crippen LogP contribution is 2.15. The molecule has 0 saturated heterocycles. The average Bonchev–Trinajstić information content (AvgIpc) is 1.85. The first kappa shape index (κ1) is 11.3. The highest BCUT2D eigenvalue weighted by Gasteiger charge is 2.17. The Balaban J connectivity index is 4.06. The van der Waals surface area contributed by atoms with Gasteiger partial charge in [0.15, 0.2) is 0 Å². The van der Waals surface area contributed by atoms with E-state index in [1.807, 2.05) is 6.92 Å². The Labute approximate surface area is 76.6 Å². The summed E-state index contributed by atoms with van der Waals surface area (Å²) in [6.07, 6.45) is 2.18. The van der Waals surface area contributed by atoms with Crippen LogP contribution in [-0.4, -0.2) is 5.54 Å². The van der Waals surface area contributed by atoms with E-state index in [9.17, 15) is 0 Å². The first-order valence-corrected chi connectivity index (χ1v) is 4.52. The molecule has 0 aliphatic carbocycles. The maximum absolute atomic E-state index is 3.96. The van der Waals surface area contributed by atoms with Gasteiger partial charge in [-0.2, -0.15) is 0 Å². The first-order valence-electron chi connectivity index (χ1n) is 4.52. The van der Waals surface area contributed by atoms with Crippen LogP contribution in [0.3, 0.4) is 0 Å². The van der Waals surface area contributed by atoms with E-state index in [4.69, 9.17) is 0 Å². The van der Waals surface area contributed by atoms with Crippen LogP contribution < -0.4 is 5.32 Å². The van der Waals surface area contributed by atoms with Gasteiger partial charge in [-0.1, -0.05) is 32.1 Å². The lowest BCUT2D eigenvalue weighted by molar-refractivity contribution is 0.491. The summed E-state index contributed by atoms with van der Waals surface area (Å²) < 4.78 is 0. The molecule has 0 aliphatic heterocycles. The van der Waals surface area contributed by atoms with Gasteiger partial charge in [0.1, 0.15) is 0 Å². The van der Waals surface area contributed by atoms with Gasteiger partial charge >= 0.3 is 0 Å². The molecule has 1 nitrogen and oxygen atoms in total. The number of nitrogens with one attached hydrogen (secondary N) is 1. The van der Waals surface area contributed by atoms with Gasteiger partial charge < -0.3 is 5.32 Å². The van der Waals surface area contributed by atoms with Crippen LogP contribution >= 0.6 is 0 Å². The van der Waals surface area contributed by atoms with Crippen molar-refractivity contribution in [3.63, 3.8) is 0 Å². The quantitative estimate of drug-likeness (QED) is 0.620. The third-order valence-electron chi connectivity index (χ3n) is 2.11. The molecule has 0 spiro atoms. The van der Waals surface area contributed by atoms with Crippen LogP contribution in [0.5, 0.6) is 0 Å². The van der Waals surface area contributed by atoms with Crippen molar-refractivity contribution in [3.05, 3.63) is 24.4 Å². The number of hydrogen-bond donors (Lipinski definition) is 1. The van der Waals surface area contributed by atoms with E-state index in [-0.39, 0.29) is 5.54 Å². The summed E-state index contributed by atoms with van der Waals surface area (Å²) in [7, 11) is 0. The third-order valence-corrected chi connectivity index (χ3v) is 2.11. The Morgan fingerprint density at radius 3 is 2.17 bits per heavy atom. The molecule has 0 amide bonds. The molecule has 1 N–H and O–H groups in total. The monoisotopic (exact) mass is 167 g/mol. The van der Waals surface area contributed by atoms with Crippen LogP contribution in [0.25, 0.3) is 0 Å². The minimum atomic E-state index is -0.0216. The summed E-state index contributed by atoms with van der Waals surface area (Å²) in [6.45, 7) is 16.3. The summed E-state index contributed by atoms with van der Waals surface area (Å²) in [5, 5.41) is 3.36. The second kappa shape index (κ2) is 4.34. The van der Waals surface area contributed by atoms with E-state index >= 15 is 0 Å². The van der Waals surface area contributed by atoms with Crippen molar-refractivity contribution >= 4 is 0 Å². The second-order valence-corrected chi connectivity index (χ2v) is 3.88. The standard InChI is InChI=1S/C11H21N/c1-7-8-10(4)12-11(5,6)9(2)3/h12H,2,4,7-8H2,1,3,5-6H3. The fraction of sp³-hybridized carbons (Fsp3) is 0.636. The smallest absolute Gasteiger partial charge is 0.0520 e. The van der Waals surface area contributed by atoms with Gasteiger partial charge in [0.05, 0.1) is 5.54 Å². The van der Waals surface area contributed by atoms with E-state index in [1.165, 1.54) is 0 Å². The molecule has 0 aromatic heterocycles. The summed E-state index contributed by atoms with van der Waals surface area (Å²) >= 11 is 0. The molecule has 0 bridgehead atoms. The molecule has 1 heteroatoms. The predicted octanol–water partition coefficient (Wildman–Crippen LogP) is 3.24. The normalized spacial score (nSPS) is 11.0. The van der Waals surface area contributed by atoms with Crippen LogP contribution in [0, 0.1) is 0 Å². The van der Waals surface area contributed by atoms with Crippen LogP contribution in [0.15, 0.2) is 24.4 Å². The maximum atomic E-state index is 3.96. The van der Waals surface area contributed by atoms with E-state index in [0.717, 1.165) is 24.1 Å². The van der Waals surface area contributed by atoms with Crippen molar-refractivity contribution in [2.75, 3.05) is 0 Å². The molecule has 0 fully saturated rings. The zero-order valence-corrected chi connectivity index (χ0v) is 8.83. The minimum Gasteiger partial charge on any atom is -0.380 e. The Morgan fingerprint density at radius 2 is 1.83 bits per heavy atom. The lowest BCUT2D eigenvalue weighted by atomic mass is 9.96. The molecule has 70 valence electrons. The van der Waals surface area contributed by atoms with Crippen molar-refractivity contribution in [1.29, 1.82) is 0 Å². The molecule has 0 aromatic carbocycles. The molecule has 0 radical (unpaired) electrons. The van der Waals surface area contributed by atoms with Crippen molar-refractivity contribution in [2.45, 2.75) is 46.1 Å². The molecule has 0 rings (SSSR count). The maximum Gasteiger partial charge on any atom is 0.0520 e. The SMILES string of the molecule is C=C(CCC)NC(C)(C)C(=C)C. The molecular formula is C11H21N. The Hall–Kier alpha value is -0.720. The molecule has 0 atom stereocenters. The van der Waals surface area contributed by atoms with E-state index in [2.05, 4.69) is 39.2 Å². The Morgan fingerprint density at radius 1 is 1.33 bits per heavy atom. The van der Waals surface area contributed by atoms with E-state index in [1.54, 1.807) is 0 Å². The van der Waals surface area contributed by atoms with Gasteiger partial charge in [-0.05, 0) is 27.2 Å². The third kappa shape index (κ3) is 3.61. The van der Waals surface area contributed by atoms with Crippen LogP contribution in [0.2, 0.25) is 0 Å². The predicted molar refractivity (Wildman–Crippen MR) is 56.1 cm³/mol. The highest BCUT2D eigenvalue weighted by atomic mass is 15.0. The van der Waals surface area contributed by atoms with E-state index in [0.29, 0.717) is 0 Å². The fourth-order valence-corrected chi connectivity index (χ4v) is 0.913. The summed E-state index contributed by atoms with van der Waals surface area (Å²) in [6, 6.07) is 0. The summed E-state index contributed by atoms with van der Waals surface area (Å²) in [5.74, 6) is 0. The second-order valence-electron chi connectivity index (χ2n) is 3.88. The largest absolute Gasteiger partial charge is 0.380 e. The topological polar surface area (TPSA) is 12.0 Å². The lowest BCUT2D eigenvalue weighted by Crippen LogP contribution is -2.38. The van der Waals surface area contributed by atoms with Crippen LogP contribution in [0.1, 0.15) is 40.5 Å². The Kier molecular flexibility index (Phi) is 4.08. The van der Waals surface area contributed by atoms with E-state index < -0.39 is 0 Å². The van der Waals surface area contributed by atoms with Gasteiger partial charge in [-0.25, -0.2) is 0 Å². The van der Waals surface area contributed by atoms with Gasteiger partial charge in [0.2, 0.25) is 0 Å². The minimum absolute atomic E-state index is 0.0216. The number of hydrogen-bond acceptors (Lipinski definition) is 1. The Bertz CT molecular complexity index is 177. The molecule has 0 aromatic rings. The van der Waals surface area contributed by atoms with Gasteiger partial charge in [0, 0.05) is 5.70 Å². The molecule has 0 saturated carbocycles. The molecular weight excluding hydrogens is 146 g/mol. The van der Waals surface area contributed by atoms with Crippen molar-refractivity contribution in [3.8, 4) is 0 Å². The van der Waals surface area contributed by atoms with Crippen molar-refractivity contribution < 1.29 is 0 Å². The van der Waals surface area contributed by atoms with Gasteiger partial charge in [-0.15, -0.1) is 0 Å². The fourth-order valence-electron chi connectivity index (χ4n) is 0.913. The highest BCUT2D eigenvalue weighted by molar-refractivity contribution is 5.14. The average molecular weight is 167 g/mol. The first-order chi connectivity index (χ1) is 5.40. The van der Waals surface area contributed by atoms with Crippen molar-refractivity contribution in [2.24, 2.45) is 0 Å². The molecule has 12 heavy (non-hydrogen) atoms. The molecule has 0 aliphatic rings. The van der Waals surface area contributed by atoms with Crippen LogP contribution in [-0.2, 0) is 0 Å².